The summed E-state index contributed by atoms with van der Waals surface area (Å²) in [6.07, 6.45) is 1.33. The van der Waals surface area contributed by atoms with Crippen molar-refractivity contribution in [3.63, 3.8) is 0 Å². The second kappa shape index (κ2) is 7.49. The van der Waals surface area contributed by atoms with Crippen LogP contribution in [0.15, 0.2) is 0 Å². The van der Waals surface area contributed by atoms with Crippen molar-refractivity contribution >= 4 is 12.0 Å². The summed E-state index contributed by atoms with van der Waals surface area (Å²) < 4.78 is 5.41. The van der Waals surface area contributed by atoms with E-state index in [1.165, 1.54) is 0 Å². The van der Waals surface area contributed by atoms with Crippen LogP contribution in [-0.2, 0) is 9.53 Å². The Balaban J connectivity index is 1.83. The topological polar surface area (TPSA) is 65.1 Å². The molecule has 23 heavy (non-hydrogen) atoms. The highest BCUT2D eigenvalue weighted by molar-refractivity contribution is 5.79. The first-order chi connectivity index (χ1) is 10.7. The maximum atomic E-state index is 12.5. The lowest BCUT2D eigenvalue weighted by Crippen LogP contribution is -2.55. The number of carbonyl (C=O) groups excluding carboxylic acids is 2. The molecule has 1 N–H and O–H groups in total. The van der Waals surface area contributed by atoms with E-state index in [4.69, 9.17) is 4.74 Å². The van der Waals surface area contributed by atoms with Gasteiger partial charge in [0, 0.05) is 39.3 Å². The number of nitrogens with zero attached hydrogens (tertiary/aromatic N) is 3. The van der Waals surface area contributed by atoms with Gasteiger partial charge < -0.3 is 14.5 Å². The van der Waals surface area contributed by atoms with Crippen LogP contribution in [0.2, 0.25) is 0 Å². The Labute approximate surface area is 138 Å². The van der Waals surface area contributed by atoms with Crippen LogP contribution >= 0.6 is 0 Å². The first-order valence-electron chi connectivity index (χ1n) is 8.46. The van der Waals surface area contributed by atoms with E-state index in [0.29, 0.717) is 13.1 Å². The number of piperidine rings is 1. The fraction of sp³-hybridized carbons (Fsp3) is 0.875. The fourth-order valence-electron chi connectivity index (χ4n) is 2.85. The number of amides is 2. The Hall–Kier alpha value is -1.34. The highest BCUT2D eigenvalue weighted by Gasteiger charge is 2.31. The number of likely N-dealkylation sites (N-methyl/N-ethyl adjacent to an activating group) is 1. The highest BCUT2D eigenvalue weighted by Crippen LogP contribution is 2.19. The van der Waals surface area contributed by atoms with Crippen molar-refractivity contribution in [3.8, 4) is 0 Å². The monoisotopic (exact) mass is 326 g/mol. The van der Waals surface area contributed by atoms with Crippen molar-refractivity contribution in [2.24, 2.45) is 5.92 Å². The molecular formula is C16H30N4O3. The van der Waals surface area contributed by atoms with Gasteiger partial charge in [-0.3, -0.25) is 10.2 Å². The third kappa shape index (κ3) is 5.66. The van der Waals surface area contributed by atoms with Crippen LogP contribution in [0, 0.1) is 5.92 Å². The van der Waals surface area contributed by atoms with E-state index >= 15 is 0 Å². The van der Waals surface area contributed by atoms with Gasteiger partial charge in [0.2, 0.25) is 5.91 Å². The molecule has 0 aromatic heterocycles. The van der Waals surface area contributed by atoms with Gasteiger partial charge in [-0.05, 0) is 40.7 Å². The lowest BCUT2D eigenvalue weighted by atomic mass is 9.98. The van der Waals surface area contributed by atoms with E-state index in [9.17, 15) is 9.59 Å². The summed E-state index contributed by atoms with van der Waals surface area (Å²) in [4.78, 5) is 28.5. The minimum Gasteiger partial charge on any atom is -0.444 e. The molecular weight excluding hydrogens is 296 g/mol. The number of rotatable bonds is 2. The van der Waals surface area contributed by atoms with Gasteiger partial charge in [0.15, 0.2) is 0 Å². The van der Waals surface area contributed by atoms with Crippen LogP contribution in [0.4, 0.5) is 4.79 Å². The van der Waals surface area contributed by atoms with E-state index in [0.717, 1.165) is 39.0 Å². The lowest BCUT2D eigenvalue weighted by molar-refractivity contribution is -0.132. The number of hydrazine groups is 1. The summed E-state index contributed by atoms with van der Waals surface area (Å²) in [5.74, 6) is -0.140. The Kier molecular flexibility index (Phi) is 5.86. The van der Waals surface area contributed by atoms with Crippen LogP contribution in [0.25, 0.3) is 0 Å². The molecule has 2 amide bonds. The molecule has 7 nitrogen and oxygen atoms in total. The largest absolute Gasteiger partial charge is 0.444 e. The smallest absolute Gasteiger partial charge is 0.410 e. The van der Waals surface area contributed by atoms with Crippen LogP contribution in [0.3, 0.4) is 0 Å². The van der Waals surface area contributed by atoms with E-state index in [2.05, 4.69) is 17.4 Å². The SMILES string of the molecule is CN1CCN(NC(=O)C2CCCN(C(=O)OC(C)(C)C)C2)CC1. The molecule has 132 valence electrons. The van der Waals surface area contributed by atoms with Crippen molar-refractivity contribution in [2.45, 2.75) is 39.2 Å². The second-order valence-corrected chi connectivity index (χ2v) is 7.53. The Morgan fingerprint density at radius 2 is 1.74 bits per heavy atom. The third-order valence-corrected chi connectivity index (χ3v) is 4.22. The molecule has 0 aliphatic carbocycles. The summed E-state index contributed by atoms with van der Waals surface area (Å²) in [5, 5.41) is 1.98. The van der Waals surface area contributed by atoms with Gasteiger partial charge in [0.1, 0.15) is 5.60 Å². The molecule has 1 unspecified atom stereocenters. The van der Waals surface area contributed by atoms with Gasteiger partial charge >= 0.3 is 6.09 Å². The van der Waals surface area contributed by atoms with Crippen molar-refractivity contribution in [3.05, 3.63) is 0 Å². The van der Waals surface area contributed by atoms with Gasteiger partial charge in [-0.25, -0.2) is 9.80 Å². The van der Waals surface area contributed by atoms with Crippen molar-refractivity contribution in [2.75, 3.05) is 46.3 Å². The van der Waals surface area contributed by atoms with Crippen molar-refractivity contribution in [1.82, 2.24) is 20.2 Å². The molecule has 0 radical (unpaired) electrons. The molecule has 0 aromatic rings. The first kappa shape index (κ1) is 18.0. The Morgan fingerprint density at radius 1 is 1.09 bits per heavy atom. The number of carbonyl (C=O) groups is 2. The normalized spacial score (nSPS) is 24.3. The number of hydrogen-bond acceptors (Lipinski definition) is 5. The molecule has 0 aromatic carbocycles. The van der Waals surface area contributed by atoms with Crippen LogP contribution in [0.1, 0.15) is 33.6 Å². The van der Waals surface area contributed by atoms with Gasteiger partial charge in [0.25, 0.3) is 0 Å². The predicted molar refractivity (Wildman–Crippen MR) is 87.7 cm³/mol. The molecule has 0 spiro atoms. The molecule has 2 rings (SSSR count). The molecule has 2 aliphatic rings. The van der Waals surface area contributed by atoms with Crippen LogP contribution in [0.5, 0.6) is 0 Å². The summed E-state index contributed by atoms with van der Waals surface area (Å²) in [5.41, 5.74) is 2.50. The zero-order valence-corrected chi connectivity index (χ0v) is 14.8. The first-order valence-corrected chi connectivity index (χ1v) is 8.46. The van der Waals surface area contributed by atoms with Crippen molar-refractivity contribution < 1.29 is 14.3 Å². The number of likely N-dealkylation sites (tertiary alicyclic amines) is 1. The van der Waals surface area contributed by atoms with Crippen LogP contribution in [-0.4, -0.2) is 78.7 Å². The molecule has 2 aliphatic heterocycles. The lowest BCUT2D eigenvalue weighted by Gasteiger charge is -2.36. The highest BCUT2D eigenvalue weighted by atomic mass is 16.6. The van der Waals surface area contributed by atoms with E-state index in [1.54, 1.807) is 4.90 Å². The number of ether oxygens (including phenoxy) is 1. The standard InChI is InChI=1S/C16H30N4O3/c1-16(2,3)23-15(22)19-7-5-6-13(12-19)14(21)17-20-10-8-18(4)9-11-20/h13H,5-12H2,1-4H3,(H,17,21). The van der Waals surface area contributed by atoms with E-state index < -0.39 is 5.60 Å². The molecule has 1 atom stereocenters. The molecule has 2 heterocycles. The summed E-state index contributed by atoms with van der Waals surface area (Å²) in [6.45, 7) is 10.2. The maximum absolute atomic E-state index is 12.5. The fourth-order valence-corrected chi connectivity index (χ4v) is 2.85. The van der Waals surface area contributed by atoms with Crippen LogP contribution < -0.4 is 5.43 Å². The number of nitrogens with one attached hydrogen (secondary N) is 1. The van der Waals surface area contributed by atoms with Gasteiger partial charge in [0.05, 0.1) is 5.92 Å². The average molecular weight is 326 g/mol. The van der Waals surface area contributed by atoms with Crippen molar-refractivity contribution in [1.29, 1.82) is 0 Å². The predicted octanol–water partition coefficient (Wildman–Crippen LogP) is 0.912. The average Bonchev–Trinajstić information content (AvgIpc) is 2.48. The second-order valence-electron chi connectivity index (χ2n) is 7.53. The molecule has 2 saturated heterocycles. The number of piperazine rings is 1. The maximum Gasteiger partial charge on any atom is 0.410 e. The summed E-state index contributed by atoms with van der Waals surface area (Å²) >= 11 is 0. The van der Waals surface area contributed by atoms with E-state index in [-0.39, 0.29) is 17.9 Å². The van der Waals surface area contributed by atoms with Gasteiger partial charge in [-0.1, -0.05) is 0 Å². The molecule has 0 bridgehead atoms. The minimum atomic E-state index is -0.508. The third-order valence-electron chi connectivity index (χ3n) is 4.22. The van der Waals surface area contributed by atoms with Gasteiger partial charge in [-0.2, -0.15) is 0 Å². The Morgan fingerprint density at radius 3 is 2.35 bits per heavy atom. The summed E-state index contributed by atoms with van der Waals surface area (Å²) in [6, 6.07) is 0. The summed E-state index contributed by atoms with van der Waals surface area (Å²) in [7, 11) is 2.08. The number of hydrogen-bond donors (Lipinski definition) is 1. The minimum absolute atomic E-state index is 0.0165. The molecule has 7 heteroatoms. The quantitative estimate of drug-likeness (QED) is 0.817. The molecule has 2 fully saturated rings. The van der Waals surface area contributed by atoms with E-state index in [1.807, 2.05) is 25.8 Å². The molecule has 0 saturated carbocycles. The zero-order valence-electron chi connectivity index (χ0n) is 14.8. The zero-order chi connectivity index (χ0) is 17.0. The Bertz CT molecular complexity index is 428. The van der Waals surface area contributed by atoms with Gasteiger partial charge in [-0.15, -0.1) is 0 Å².